The highest BCUT2D eigenvalue weighted by atomic mass is 16.5. The fourth-order valence-corrected chi connectivity index (χ4v) is 4.68. The number of aliphatic carboxylic acids is 1. The summed E-state index contributed by atoms with van der Waals surface area (Å²) < 4.78 is 12.0. The Morgan fingerprint density at radius 2 is 1.59 bits per heavy atom. The van der Waals surface area contributed by atoms with Crippen molar-refractivity contribution in [1.29, 1.82) is 0 Å². The van der Waals surface area contributed by atoms with Gasteiger partial charge in [0.2, 0.25) is 0 Å². The smallest absolute Gasteiger partial charge is 0.311 e. The summed E-state index contributed by atoms with van der Waals surface area (Å²) in [5.41, 5.74) is 6.96. The molecule has 204 valence electrons. The highest BCUT2D eigenvalue weighted by Gasteiger charge is 2.33. The van der Waals surface area contributed by atoms with E-state index < -0.39 is 11.9 Å². The van der Waals surface area contributed by atoms with E-state index in [4.69, 9.17) is 14.6 Å². The van der Waals surface area contributed by atoms with Gasteiger partial charge in [0, 0.05) is 5.56 Å². The van der Waals surface area contributed by atoms with E-state index in [1.165, 1.54) is 16.7 Å². The number of carboxylic acids is 1. The van der Waals surface area contributed by atoms with Crippen LogP contribution >= 0.6 is 0 Å². The lowest BCUT2D eigenvalue weighted by molar-refractivity contribution is -0.142. The highest BCUT2D eigenvalue weighted by molar-refractivity contribution is 5.78. The standard InChI is InChI=1S/C32H46O5/c1-22(2)11-8-12-23(3)13-9-14-24(4)15-10-19-32(7)20-18-27-26(6)28(21-25(5)31(27)37-32)36-30(35)17-16-29(33)34/h11,13,15,21H,8-10,12,14,16-20H2,1-7H3,(H,33,34)/b23-13+,24-15+. The van der Waals surface area contributed by atoms with E-state index in [-0.39, 0.29) is 18.4 Å². The zero-order valence-electron chi connectivity index (χ0n) is 24.0. The Kier molecular flexibility index (Phi) is 11.7. The van der Waals surface area contributed by atoms with Crippen LogP contribution < -0.4 is 9.47 Å². The first-order chi connectivity index (χ1) is 17.4. The van der Waals surface area contributed by atoms with Crippen LogP contribution in [0.5, 0.6) is 11.5 Å². The van der Waals surface area contributed by atoms with Gasteiger partial charge < -0.3 is 14.6 Å². The van der Waals surface area contributed by atoms with Crippen molar-refractivity contribution in [3.05, 3.63) is 57.7 Å². The van der Waals surface area contributed by atoms with Gasteiger partial charge >= 0.3 is 11.9 Å². The number of carbonyl (C=O) groups is 2. The molecule has 1 aliphatic rings. The molecule has 0 bridgehead atoms. The van der Waals surface area contributed by atoms with E-state index in [1.807, 2.05) is 19.9 Å². The molecule has 1 aromatic carbocycles. The SMILES string of the molecule is CC(C)=CCC/C(C)=C/CC/C(C)=C/CCC1(C)CCc2c(C)c(OC(=O)CCC(=O)O)cc(C)c2O1. The summed E-state index contributed by atoms with van der Waals surface area (Å²) in [6.45, 7) is 14.8. The van der Waals surface area contributed by atoms with Crippen molar-refractivity contribution in [2.75, 3.05) is 0 Å². The zero-order valence-corrected chi connectivity index (χ0v) is 24.0. The number of aryl methyl sites for hydroxylation is 1. The van der Waals surface area contributed by atoms with Crippen molar-refractivity contribution in [3.63, 3.8) is 0 Å². The summed E-state index contributed by atoms with van der Waals surface area (Å²) in [7, 11) is 0. The number of esters is 1. The molecule has 0 spiro atoms. The molecule has 5 heteroatoms. The lowest BCUT2D eigenvalue weighted by Crippen LogP contribution is -2.36. The van der Waals surface area contributed by atoms with Crippen molar-refractivity contribution in [3.8, 4) is 11.5 Å². The molecule has 0 aliphatic carbocycles. The van der Waals surface area contributed by atoms with E-state index in [0.717, 1.165) is 73.8 Å². The van der Waals surface area contributed by atoms with E-state index in [1.54, 1.807) is 0 Å². The molecule has 1 aliphatic heterocycles. The molecule has 1 N–H and O–H groups in total. The Labute approximate surface area is 223 Å². The van der Waals surface area contributed by atoms with E-state index in [0.29, 0.717) is 5.75 Å². The van der Waals surface area contributed by atoms with Gasteiger partial charge in [0.05, 0.1) is 12.8 Å². The largest absolute Gasteiger partial charge is 0.487 e. The summed E-state index contributed by atoms with van der Waals surface area (Å²) >= 11 is 0. The molecular formula is C32H46O5. The molecule has 2 rings (SSSR count). The molecule has 0 radical (unpaired) electrons. The Hall–Kier alpha value is -2.82. The second-order valence-electron chi connectivity index (χ2n) is 11.0. The van der Waals surface area contributed by atoms with Crippen LogP contribution in [0.1, 0.15) is 109 Å². The third-order valence-corrected chi connectivity index (χ3v) is 7.11. The number of ether oxygens (including phenoxy) is 2. The summed E-state index contributed by atoms with van der Waals surface area (Å²) in [5, 5.41) is 8.79. The molecule has 1 unspecified atom stereocenters. The van der Waals surface area contributed by atoms with Crippen molar-refractivity contribution in [2.45, 2.75) is 118 Å². The van der Waals surface area contributed by atoms with Gasteiger partial charge in [0.25, 0.3) is 0 Å². The van der Waals surface area contributed by atoms with Crippen molar-refractivity contribution in [1.82, 2.24) is 0 Å². The molecule has 37 heavy (non-hydrogen) atoms. The maximum absolute atomic E-state index is 12.1. The molecule has 0 saturated carbocycles. The number of allylic oxidation sites excluding steroid dienone is 6. The predicted octanol–water partition coefficient (Wildman–Crippen LogP) is 8.36. The lowest BCUT2D eigenvalue weighted by atomic mass is 9.86. The molecular weight excluding hydrogens is 464 g/mol. The van der Waals surface area contributed by atoms with Crippen molar-refractivity contribution in [2.24, 2.45) is 0 Å². The van der Waals surface area contributed by atoms with Gasteiger partial charge in [-0.15, -0.1) is 0 Å². The van der Waals surface area contributed by atoms with Crippen LogP contribution in [0.2, 0.25) is 0 Å². The topological polar surface area (TPSA) is 72.8 Å². The second-order valence-corrected chi connectivity index (χ2v) is 11.0. The number of hydrogen-bond donors (Lipinski definition) is 1. The molecule has 0 aromatic heterocycles. The minimum absolute atomic E-state index is 0.140. The van der Waals surface area contributed by atoms with E-state index >= 15 is 0 Å². The first-order valence-electron chi connectivity index (χ1n) is 13.6. The van der Waals surface area contributed by atoms with Crippen LogP contribution in [-0.4, -0.2) is 22.6 Å². The van der Waals surface area contributed by atoms with Crippen molar-refractivity contribution >= 4 is 11.9 Å². The Morgan fingerprint density at radius 3 is 2.22 bits per heavy atom. The number of carboxylic acid groups (broad SMARTS) is 1. The molecule has 1 atom stereocenters. The van der Waals surface area contributed by atoms with Crippen LogP contribution in [0.3, 0.4) is 0 Å². The minimum atomic E-state index is -1.01. The van der Waals surface area contributed by atoms with Crippen LogP contribution in [0.4, 0.5) is 0 Å². The maximum Gasteiger partial charge on any atom is 0.311 e. The summed E-state index contributed by atoms with van der Waals surface area (Å²) in [4.78, 5) is 22.8. The summed E-state index contributed by atoms with van der Waals surface area (Å²) in [6, 6.07) is 1.83. The van der Waals surface area contributed by atoms with Gasteiger partial charge in [-0.2, -0.15) is 0 Å². The number of fused-ring (bicyclic) bond motifs is 1. The van der Waals surface area contributed by atoms with Crippen LogP contribution in [-0.2, 0) is 16.0 Å². The van der Waals surface area contributed by atoms with Gasteiger partial charge in [0.1, 0.15) is 17.1 Å². The molecule has 0 saturated heterocycles. The third-order valence-electron chi connectivity index (χ3n) is 7.11. The maximum atomic E-state index is 12.1. The summed E-state index contributed by atoms with van der Waals surface area (Å²) in [6.07, 6.45) is 14.8. The molecule has 1 heterocycles. The number of benzene rings is 1. The Morgan fingerprint density at radius 1 is 0.973 bits per heavy atom. The van der Waals surface area contributed by atoms with Gasteiger partial charge in [0.15, 0.2) is 0 Å². The second kappa shape index (κ2) is 14.2. The molecule has 5 nitrogen and oxygen atoms in total. The van der Waals surface area contributed by atoms with Gasteiger partial charge in [-0.05, 0) is 117 Å². The zero-order chi connectivity index (χ0) is 27.6. The predicted molar refractivity (Wildman–Crippen MR) is 150 cm³/mol. The monoisotopic (exact) mass is 510 g/mol. The lowest BCUT2D eigenvalue weighted by Gasteiger charge is -2.37. The van der Waals surface area contributed by atoms with Gasteiger partial charge in [-0.3, -0.25) is 9.59 Å². The molecule has 1 aromatic rings. The van der Waals surface area contributed by atoms with Crippen LogP contribution in [0.15, 0.2) is 41.0 Å². The Balaban J connectivity index is 1.92. The van der Waals surface area contributed by atoms with E-state index in [2.05, 4.69) is 52.8 Å². The minimum Gasteiger partial charge on any atom is -0.487 e. The fraction of sp³-hybridized carbons (Fsp3) is 0.562. The van der Waals surface area contributed by atoms with Crippen LogP contribution in [0.25, 0.3) is 0 Å². The Bertz CT molecular complexity index is 1060. The average Bonchev–Trinajstić information content (AvgIpc) is 2.80. The first kappa shape index (κ1) is 30.4. The average molecular weight is 511 g/mol. The third kappa shape index (κ3) is 10.2. The van der Waals surface area contributed by atoms with Gasteiger partial charge in [-0.1, -0.05) is 34.9 Å². The quantitative estimate of drug-likeness (QED) is 0.164. The van der Waals surface area contributed by atoms with Gasteiger partial charge in [-0.25, -0.2) is 0 Å². The normalized spacial score (nSPS) is 17.6. The number of carbonyl (C=O) groups excluding carboxylic acids is 1. The molecule has 0 amide bonds. The summed E-state index contributed by atoms with van der Waals surface area (Å²) in [5.74, 6) is -0.140. The first-order valence-corrected chi connectivity index (χ1v) is 13.6. The number of hydrogen-bond acceptors (Lipinski definition) is 4. The van der Waals surface area contributed by atoms with Crippen molar-refractivity contribution < 1.29 is 24.2 Å². The number of rotatable bonds is 13. The van der Waals surface area contributed by atoms with E-state index in [9.17, 15) is 9.59 Å². The van der Waals surface area contributed by atoms with Crippen LogP contribution in [0, 0.1) is 13.8 Å². The highest BCUT2D eigenvalue weighted by Crippen LogP contribution is 2.42. The molecule has 0 fully saturated rings. The fourth-order valence-electron chi connectivity index (χ4n) is 4.68.